The van der Waals surface area contributed by atoms with Crippen molar-refractivity contribution in [2.24, 2.45) is 5.92 Å². The van der Waals surface area contributed by atoms with Crippen LogP contribution in [-0.4, -0.2) is 17.3 Å². The molecule has 0 fully saturated rings. The lowest BCUT2D eigenvalue weighted by molar-refractivity contribution is -0.111. The van der Waals surface area contributed by atoms with Crippen molar-refractivity contribution in [3.05, 3.63) is 94.6 Å². The molecule has 2 aliphatic carbocycles. The molecule has 3 nitrogen and oxygen atoms in total. The summed E-state index contributed by atoms with van der Waals surface area (Å²) in [7, 11) is 0. The average Bonchev–Trinajstić information content (AvgIpc) is 2.99. The van der Waals surface area contributed by atoms with Crippen LogP contribution >= 0.6 is 0 Å². The molecule has 0 heterocycles. The van der Waals surface area contributed by atoms with Gasteiger partial charge in [0.15, 0.2) is 17.3 Å². The first-order valence-electron chi connectivity index (χ1n) is 8.11. The molecule has 2 aliphatic rings. The van der Waals surface area contributed by atoms with Crippen LogP contribution in [0.25, 0.3) is 0 Å². The second kappa shape index (κ2) is 6.10. The minimum atomic E-state index is -0.345. The zero-order valence-electron chi connectivity index (χ0n) is 14.3. The van der Waals surface area contributed by atoms with Crippen molar-refractivity contribution >= 4 is 17.3 Å². The normalized spacial score (nSPS) is 18.7. The van der Waals surface area contributed by atoms with Gasteiger partial charge in [-0.2, -0.15) is 0 Å². The van der Waals surface area contributed by atoms with E-state index in [0.717, 1.165) is 0 Å². The van der Waals surface area contributed by atoms with Crippen LogP contribution in [0, 0.1) is 5.92 Å². The van der Waals surface area contributed by atoms with Gasteiger partial charge in [-0.1, -0.05) is 69.5 Å². The van der Waals surface area contributed by atoms with Crippen molar-refractivity contribution in [1.29, 1.82) is 0 Å². The van der Waals surface area contributed by atoms with Gasteiger partial charge in [0, 0.05) is 27.8 Å². The molecular weight excluding hydrogens is 312 g/mol. The number of allylic oxidation sites excluding steroid dienone is 8. The van der Waals surface area contributed by atoms with Crippen molar-refractivity contribution in [3.63, 3.8) is 0 Å². The Labute approximate surface area is 146 Å². The highest BCUT2D eigenvalue weighted by Crippen LogP contribution is 2.41. The summed E-state index contributed by atoms with van der Waals surface area (Å²) in [6, 6.07) is 6.72. The zero-order valence-corrected chi connectivity index (χ0v) is 14.3. The number of fused-ring (bicyclic) bond motifs is 1. The van der Waals surface area contributed by atoms with E-state index in [0.29, 0.717) is 33.4 Å². The first kappa shape index (κ1) is 16.8. The number of rotatable bonds is 3. The molecule has 0 aliphatic heterocycles. The Morgan fingerprint density at radius 3 is 1.76 bits per heavy atom. The number of carbonyl (C=O) groups excluding carboxylic acids is 3. The first-order chi connectivity index (χ1) is 11.9. The van der Waals surface area contributed by atoms with Gasteiger partial charge in [0.1, 0.15) is 0 Å². The highest BCUT2D eigenvalue weighted by atomic mass is 16.2. The fourth-order valence-corrected chi connectivity index (χ4v) is 3.32. The summed E-state index contributed by atoms with van der Waals surface area (Å²) in [5.74, 6) is -0.832. The van der Waals surface area contributed by atoms with Crippen LogP contribution in [0.4, 0.5) is 0 Å². The lowest BCUT2D eigenvalue weighted by atomic mass is 9.92. The Balaban J connectivity index is 2.38. The molecule has 3 heteroatoms. The van der Waals surface area contributed by atoms with E-state index in [2.05, 4.69) is 13.2 Å². The number of hydrogen-bond acceptors (Lipinski definition) is 3. The minimum Gasteiger partial charge on any atom is -0.289 e. The number of hydrogen-bond donors (Lipinski definition) is 0. The molecule has 3 rings (SSSR count). The molecule has 0 saturated carbocycles. The van der Waals surface area contributed by atoms with E-state index < -0.39 is 0 Å². The van der Waals surface area contributed by atoms with E-state index in [1.165, 1.54) is 12.2 Å². The van der Waals surface area contributed by atoms with Crippen molar-refractivity contribution in [2.45, 2.75) is 13.8 Å². The average molecular weight is 330 g/mol. The maximum absolute atomic E-state index is 12.9. The van der Waals surface area contributed by atoms with E-state index >= 15 is 0 Å². The van der Waals surface area contributed by atoms with Crippen molar-refractivity contribution in [3.8, 4) is 0 Å². The highest BCUT2D eigenvalue weighted by molar-refractivity contribution is 6.41. The standard InChI is InChI=1S/C22H18O3/c1-5-13-14(6-2)20(23)17(11-12(3)4)18(13)19-21(24)15-9-7-8-10-16(15)22(19)25/h5-12H,1-2H2,3-4H3/b17-11-. The zero-order chi connectivity index (χ0) is 18.3. The topological polar surface area (TPSA) is 51.2 Å². The Kier molecular flexibility index (Phi) is 4.09. The molecule has 1 aromatic rings. The van der Waals surface area contributed by atoms with Crippen LogP contribution in [-0.2, 0) is 4.79 Å². The largest absolute Gasteiger partial charge is 0.289 e. The Morgan fingerprint density at radius 2 is 1.32 bits per heavy atom. The van der Waals surface area contributed by atoms with E-state index in [1.54, 1.807) is 30.3 Å². The molecule has 0 N–H and O–H groups in total. The lowest BCUT2D eigenvalue weighted by Gasteiger charge is -2.08. The summed E-state index contributed by atoms with van der Waals surface area (Å²) in [6.45, 7) is 11.3. The molecule has 0 spiro atoms. The Hall–Kier alpha value is -3.07. The number of benzene rings is 1. The van der Waals surface area contributed by atoms with Gasteiger partial charge >= 0.3 is 0 Å². The summed E-state index contributed by atoms with van der Waals surface area (Å²) < 4.78 is 0. The fourth-order valence-electron chi connectivity index (χ4n) is 3.32. The number of Topliss-reactive ketones (excluding diaryl/α,β-unsaturated/α-hetero) is 3. The minimum absolute atomic E-state index is 0.0493. The summed E-state index contributed by atoms with van der Waals surface area (Å²) in [5, 5.41) is 0. The first-order valence-corrected chi connectivity index (χ1v) is 8.11. The highest BCUT2D eigenvalue weighted by Gasteiger charge is 2.41. The van der Waals surface area contributed by atoms with Crippen LogP contribution < -0.4 is 0 Å². The molecule has 0 saturated heterocycles. The number of ketones is 3. The molecule has 0 aromatic heterocycles. The molecule has 0 amide bonds. The lowest BCUT2D eigenvalue weighted by Crippen LogP contribution is -2.09. The van der Waals surface area contributed by atoms with Crippen molar-refractivity contribution in [2.75, 3.05) is 0 Å². The second-order valence-corrected chi connectivity index (χ2v) is 6.34. The predicted molar refractivity (Wildman–Crippen MR) is 97.5 cm³/mol. The van der Waals surface area contributed by atoms with E-state index in [-0.39, 0.29) is 28.8 Å². The van der Waals surface area contributed by atoms with Crippen LogP contribution in [0.15, 0.2) is 83.5 Å². The third-order valence-electron chi connectivity index (χ3n) is 4.35. The van der Waals surface area contributed by atoms with Crippen molar-refractivity contribution in [1.82, 2.24) is 0 Å². The summed E-state index contributed by atoms with van der Waals surface area (Å²) in [6.07, 6.45) is 4.76. The van der Waals surface area contributed by atoms with Gasteiger partial charge in [-0.05, 0) is 11.5 Å². The molecule has 0 unspecified atom stereocenters. The van der Waals surface area contributed by atoms with E-state index in [4.69, 9.17) is 0 Å². The molecule has 0 radical (unpaired) electrons. The summed E-state index contributed by atoms with van der Waals surface area (Å²) in [4.78, 5) is 38.6. The second-order valence-electron chi connectivity index (χ2n) is 6.34. The molecule has 124 valence electrons. The maximum Gasteiger partial charge on any atom is 0.198 e. The molecule has 0 atom stereocenters. The smallest absolute Gasteiger partial charge is 0.198 e. The molecule has 0 bridgehead atoms. The van der Waals surface area contributed by atoms with Gasteiger partial charge in [-0.25, -0.2) is 0 Å². The third-order valence-corrected chi connectivity index (χ3v) is 4.35. The third kappa shape index (κ3) is 2.40. The molecule has 25 heavy (non-hydrogen) atoms. The molecular formula is C22H18O3. The van der Waals surface area contributed by atoms with E-state index in [1.807, 2.05) is 13.8 Å². The van der Waals surface area contributed by atoms with Crippen LogP contribution in [0.5, 0.6) is 0 Å². The number of carbonyl (C=O) groups is 3. The van der Waals surface area contributed by atoms with Gasteiger partial charge in [0.25, 0.3) is 0 Å². The quantitative estimate of drug-likeness (QED) is 0.616. The predicted octanol–water partition coefficient (Wildman–Crippen LogP) is 4.20. The van der Waals surface area contributed by atoms with Gasteiger partial charge in [0.05, 0.1) is 5.57 Å². The summed E-state index contributed by atoms with van der Waals surface area (Å²) in [5.41, 5.74) is 2.44. The van der Waals surface area contributed by atoms with Crippen LogP contribution in [0.3, 0.4) is 0 Å². The Morgan fingerprint density at radius 1 is 0.800 bits per heavy atom. The SMILES string of the molecule is C=CC1=C(C=C)C(=C2C(=O)c3ccccc3C2=O)/C(=C/C(C)C)C1=O. The van der Waals surface area contributed by atoms with Crippen LogP contribution in [0.2, 0.25) is 0 Å². The van der Waals surface area contributed by atoms with Gasteiger partial charge < -0.3 is 0 Å². The van der Waals surface area contributed by atoms with Gasteiger partial charge in [0.2, 0.25) is 0 Å². The summed E-state index contributed by atoms with van der Waals surface area (Å²) >= 11 is 0. The van der Waals surface area contributed by atoms with E-state index in [9.17, 15) is 14.4 Å². The molecule has 1 aromatic carbocycles. The van der Waals surface area contributed by atoms with Gasteiger partial charge in [-0.3, -0.25) is 14.4 Å². The van der Waals surface area contributed by atoms with Crippen molar-refractivity contribution < 1.29 is 14.4 Å². The van der Waals surface area contributed by atoms with Crippen LogP contribution in [0.1, 0.15) is 34.6 Å². The fraction of sp³-hybridized carbons (Fsp3) is 0.136. The Bertz CT molecular complexity index is 912. The van der Waals surface area contributed by atoms with Gasteiger partial charge in [-0.15, -0.1) is 0 Å². The maximum atomic E-state index is 12.9. The monoisotopic (exact) mass is 330 g/mol.